The minimum atomic E-state index is -0.643. The highest BCUT2D eigenvalue weighted by molar-refractivity contribution is 6.08. The third-order valence-electron chi connectivity index (χ3n) is 2.31. The highest BCUT2D eigenvalue weighted by Crippen LogP contribution is 2.11. The molecule has 2 radical (unpaired) electrons. The molecule has 0 rings (SSSR count). The van der Waals surface area contributed by atoms with E-state index >= 15 is 0 Å². The van der Waals surface area contributed by atoms with Crippen molar-refractivity contribution in [1.29, 1.82) is 0 Å². The summed E-state index contributed by atoms with van der Waals surface area (Å²) >= 11 is 2.70. The van der Waals surface area contributed by atoms with Crippen molar-refractivity contribution in [3.05, 3.63) is 0 Å². The monoisotopic (exact) mass is 228 g/mol. The minimum absolute atomic E-state index is 0.111. The van der Waals surface area contributed by atoms with E-state index in [9.17, 15) is 4.79 Å². The largest absolute Gasteiger partial charge is 0.481 e. The van der Waals surface area contributed by atoms with Crippen LogP contribution in [0.3, 0.4) is 0 Å². The van der Waals surface area contributed by atoms with Crippen LogP contribution in [0.1, 0.15) is 59.3 Å². The Morgan fingerprint density at radius 2 is 1.73 bits per heavy atom. The lowest BCUT2D eigenvalue weighted by Gasteiger charge is -2.06. The zero-order chi connectivity index (χ0) is 12.1. The summed E-state index contributed by atoms with van der Waals surface area (Å²) in [6.07, 6.45) is 6.39. The molecule has 1 unspecified atom stereocenters. The van der Waals surface area contributed by atoms with E-state index in [1.165, 1.54) is 18.1 Å². The van der Waals surface area contributed by atoms with Crippen LogP contribution in [0.25, 0.3) is 0 Å². The number of hydrogen-bond donors (Lipinski definition) is 1. The molecule has 0 bridgehead atoms. The third kappa shape index (κ3) is 14.0. The number of aliphatic carboxylic acids is 1. The summed E-state index contributed by atoms with van der Waals surface area (Å²) in [5.41, 5.74) is 0. The summed E-state index contributed by atoms with van der Waals surface area (Å²) in [5.74, 6) is -0.754. The van der Waals surface area contributed by atoms with E-state index in [1.807, 2.05) is 6.92 Å². The van der Waals surface area contributed by atoms with Crippen molar-refractivity contribution in [2.45, 2.75) is 64.6 Å². The first kappa shape index (κ1) is 17.4. The molecule has 3 heteroatoms. The zero-order valence-corrected chi connectivity index (χ0v) is 11.6. The number of carbonyl (C=O) groups is 1. The Labute approximate surface area is 103 Å². The molecule has 15 heavy (non-hydrogen) atoms. The van der Waals surface area contributed by atoms with Crippen molar-refractivity contribution in [3.8, 4) is 0 Å². The number of carboxylic acids is 1. The maximum atomic E-state index is 10.4. The zero-order valence-electron chi connectivity index (χ0n) is 10.5. The first-order valence-corrected chi connectivity index (χ1v) is 6.88. The van der Waals surface area contributed by atoms with Crippen LogP contribution in [-0.2, 0) is 4.79 Å². The molecule has 0 fully saturated rings. The van der Waals surface area contributed by atoms with Gasteiger partial charge in [-0.15, -0.1) is 5.28 Å². The molecule has 0 aromatic rings. The molecule has 0 heterocycles. The van der Waals surface area contributed by atoms with E-state index in [2.05, 4.69) is 30.1 Å². The fourth-order valence-electron chi connectivity index (χ4n) is 1.16. The lowest BCUT2D eigenvalue weighted by atomic mass is 10.00. The normalized spacial score (nSPS) is 11.4. The van der Waals surface area contributed by atoms with E-state index in [0.717, 1.165) is 25.7 Å². The molecule has 1 atom stereocenters. The average molecular weight is 228 g/mol. The standard InChI is InChI=1S/C8H16O2.C4H9.Al/c1-3-5-6-7(4-2)8(9)10;1-3-4-2;/h7H,3-6H2,1-2H3,(H,9,10);1,3-4H2,2H3;. The smallest absolute Gasteiger partial charge is 0.306 e. The third-order valence-corrected chi connectivity index (χ3v) is 2.71. The molecule has 0 aromatic heterocycles. The summed E-state index contributed by atoms with van der Waals surface area (Å²) in [6, 6.07) is 0. The Hall–Kier alpha value is 0.00247. The molecule has 0 aromatic carbocycles. The van der Waals surface area contributed by atoms with Gasteiger partial charge in [-0.05, 0) is 12.8 Å². The lowest BCUT2D eigenvalue weighted by Crippen LogP contribution is -2.11. The van der Waals surface area contributed by atoms with Crippen molar-refractivity contribution < 1.29 is 9.90 Å². The van der Waals surface area contributed by atoms with E-state index in [-0.39, 0.29) is 5.92 Å². The maximum absolute atomic E-state index is 10.4. The first-order valence-electron chi connectivity index (χ1n) is 6.06. The predicted octanol–water partition coefficient (Wildman–Crippen LogP) is 3.66. The molecule has 0 aliphatic heterocycles. The van der Waals surface area contributed by atoms with Gasteiger partial charge in [-0.1, -0.05) is 46.5 Å². The van der Waals surface area contributed by atoms with Crippen LogP contribution in [0.5, 0.6) is 0 Å². The topological polar surface area (TPSA) is 37.3 Å². The molecule has 0 spiro atoms. The van der Waals surface area contributed by atoms with Gasteiger partial charge in [0.05, 0.1) is 5.92 Å². The summed E-state index contributed by atoms with van der Waals surface area (Å²) in [6.45, 7) is 6.20. The fraction of sp³-hybridized carbons (Fsp3) is 0.917. The van der Waals surface area contributed by atoms with E-state index in [0.29, 0.717) is 0 Å². The molecule has 88 valence electrons. The molecular formula is C12H25AlO2. The van der Waals surface area contributed by atoms with Crippen LogP contribution < -0.4 is 0 Å². The van der Waals surface area contributed by atoms with Crippen LogP contribution in [0, 0.1) is 5.92 Å². The second kappa shape index (κ2) is 14.0. The predicted molar refractivity (Wildman–Crippen MR) is 66.4 cm³/mol. The van der Waals surface area contributed by atoms with Crippen LogP contribution in [0.2, 0.25) is 5.28 Å². The number of carboxylic acid groups (broad SMARTS) is 1. The van der Waals surface area contributed by atoms with Crippen molar-refractivity contribution >= 4 is 22.3 Å². The fourth-order valence-corrected chi connectivity index (χ4v) is 1.57. The molecule has 0 aliphatic carbocycles. The van der Waals surface area contributed by atoms with Gasteiger partial charge in [0.15, 0.2) is 0 Å². The summed E-state index contributed by atoms with van der Waals surface area (Å²) in [7, 11) is 0. The van der Waals surface area contributed by atoms with Crippen LogP contribution >= 0.6 is 0 Å². The maximum Gasteiger partial charge on any atom is 0.306 e. The molecule has 2 nitrogen and oxygen atoms in total. The van der Waals surface area contributed by atoms with Crippen LogP contribution in [0.4, 0.5) is 0 Å². The lowest BCUT2D eigenvalue weighted by molar-refractivity contribution is -0.142. The van der Waals surface area contributed by atoms with Crippen molar-refractivity contribution in [2.24, 2.45) is 5.92 Å². The van der Waals surface area contributed by atoms with E-state index in [1.54, 1.807) is 0 Å². The highest BCUT2D eigenvalue weighted by atomic mass is 27.0. The second-order valence-corrected chi connectivity index (χ2v) is 4.31. The number of hydrogen-bond acceptors (Lipinski definition) is 1. The van der Waals surface area contributed by atoms with Crippen molar-refractivity contribution in [1.82, 2.24) is 0 Å². The first-order chi connectivity index (χ1) is 7.13. The van der Waals surface area contributed by atoms with Gasteiger partial charge in [0.1, 0.15) is 16.3 Å². The molecule has 0 saturated carbocycles. The SMILES string of the molecule is CCCCC(CC)C(=O)O.CCC[CH2][Al]. The number of rotatable bonds is 7. The molecule has 0 amide bonds. The molecule has 0 saturated heterocycles. The Bertz CT molecular complexity index is 136. The van der Waals surface area contributed by atoms with Crippen molar-refractivity contribution in [3.63, 3.8) is 0 Å². The summed E-state index contributed by atoms with van der Waals surface area (Å²) in [5, 5.41) is 9.86. The van der Waals surface area contributed by atoms with Crippen molar-refractivity contribution in [2.75, 3.05) is 0 Å². The van der Waals surface area contributed by atoms with Crippen LogP contribution in [-0.4, -0.2) is 27.4 Å². The van der Waals surface area contributed by atoms with Gasteiger partial charge in [0, 0.05) is 0 Å². The van der Waals surface area contributed by atoms with Gasteiger partial charge in [-0.3, -0.25) is 4.79 Å². The second-order valence-electron chi connectivity index (χ2n) is 3.73. The minimum Gasteiger partial charge on any atom is -0.481 e. The molecular weight excluding hydrogens is 203 g/mol. The Balaban J connectivity index is 0. The quantitative estimate of drug-likeness (QED) is 0.675. The van der Waals surface area contributed by atoms with Gasteiger partial charge in [0.25, 0.3) is 0 Å². The van der Waals surface area contributed by atoms with Crippen LogP contribution in [0.15, 0.2) is 0 Å². The van der Waals surface area contributed by atoms with Gasteiger partial charge < -0.3 is 5.11 Å². The molecule has 0 aliphatic rings. The van der Waals surface area contributed by atoms with E-state index < -0.39 is 5.97 Å². The summed E-state index contributed by atoms with van der Waals surface area (Å²) < 4.78 is 0. The Kier molecular flexibility index (Phi) is 16.2. The highest BCUT2D eigenvalue weighted by Gasteiger charge is 2.12. The van der Waals surface area contributed by atoms with E-state index in [4.69, 9.17) is 5.11 Å². The number of unbranched alkanes of at least 4 members (excludes halogenated alkanes) is 2. The van der Waals surface area contributed by atoms with Gasteiger partial charge in [-0.25, -0.2) is 0 Å². The average Bonchev–Trinajstić information content (AvgIpc) is 2.20. The van der Waals surface area contributed by atoms with Gasteiger partial charge >= 0.3 is 5.97 Å². The van der Waals surface area contributed by atoms with Gasteiger partial charge in [-0.2, -0.15) is 0 Å². The Morgan fingerprint density at radius 1 is 1.20 bits per heavy atom. The molecule has 1 N–H and O–H groups in total. The summed E-state index contributed by atoms with van der Waals surface area (Å²) in [4.78, 5) is 10.4. The van der Waals surface area contributed by atoms with Gasteiger partial charge in [0.2, 0.25) is 0 Å². The Morgan fingerprint density at radius 3 is 1.93 bits per heavy atom.